The van der Waals surface area contributed by atoms with E-state index in [0.29, 0.717) is 66.7 Å². The van der Waals surface area contributed by atoms with Gasteiger partial charge in [-0.05, 0) is 325 Å². The molecule has 12 aliphatic heterocycles. The van der Waals surface area contributed by atoms with Crippen LogP contribution in [0.3, 0.4) is 0 Å². The van der Waals surface area contributed by atoms with Gasteiger partial charge in [0.25, 0.3) is 0 Å². The van der Waals surface area contributed by atoms with Crippen molar-refractivity contribution in [1.82, 2.24) is 29.4 Å². The molecule has 0 aliphatic carbocycles. The van der Waals surface area contributed by atoms with Gasteiger partial charge in [0, 0.05) is 205 Å². The van der Waals surface area contributed by atoms with Gasteiger partial charge in [-0.25, -0.2) is 0 Å². The van der Waals surface area contributed by atoms with Gasteiger partial charge in [0.1, 0.15) is 0 Å². The topological polar surface area (TPSA) is 252 Å². The largest absolute Gasteiger partial charge is 0.493 e. The highest BCUT2D eigenvalue weighted by atomic mass is 16.5. The second kappa shape index (κ2) is 49.1. The van der Waals surface area contributed by atoms with Gasteiger partial charge in [0.2, 0.25) is 0 Å². The highest BCUT2D eigenvalue weighted by molar-refractivity contribution is 5.55. The lowest BCUT2D eigenvalue weighted by Gasteiger charge is -2.46. The summed E-state index contributed by atoms with van der Waals surface area (Å²) in [7, 11) is -11.4. The number of aryl methyl sites for hydroxylation is 6. The number of aliphatic hydroxyl groups excluding tert-OH is 2. The van der Waals surface area contributed by atoms with Gasteiger partial charge in [-0.1, -0.05) is 82.8 Å². The SMILES string of the molecule is [2H]C([2H])([2H])C([2H])(C)C([2H])([2H])[C@@]1([2H])CN2[C@H](c3cc(OC)c(OC)cc3C([2H])([2H])C2([2H])[2H])C([2H])([2H])[C@@]1([2H])O.[2H]C([2H])([2H])Oc1cc2c(cc1OC([2H])([2H])[2H])C([2H])([2H])C([2H])([2H])N1C[C@]([2H])(C([2H])([2H])C([2H])(C)C([2H])([2H])[2H])[C@H](O)C([2H])([2H])[C@@H]21.[2H]C([2H])([2H])Oc1cc2c(cc1OC([2H])([2H])[2H])C([2H])([2H])C([2H])([2H])N1C[C@]([2H])(C([2H])([2H])C([2H])(C)C([2H])([2H])[2H])[C@]([2H])(O)C([2H])([2H])[C@@H]21.[2H]C([2H])([2H])Oc1cc2c(cc1OC([2H])([2H])[2H])C([2H])([2H])C([2H])([2H])N1C[C@]([2H])(CC(C)C)[C@]([2H])(O)C([2H])([2H])[C@@H]21.[2H]C1([2H])[C@@H](O)[C@@]([2H])(C([2H])([2H])C([2H])(C)C([2H])([2H])[2H])CN2[C@@H]1c1cc(OC)c(OC)cc1C([2H])([2H])C2([2H])[2H].[2H]C1([2H])c2cc(OC)c(OC)cc2[C@H]2N(C[C@]([2H])(CC(C)C)[C@]([2H])(O)C2([2H])[2H])C1([2H])[2H]. The third-order valence-electron chi connectivity index (χ3n) is 22.7. The number of aliphatic hydroxyl groups is 6. The van der Waals surface area contributed by atoms with Gasteiger partial charge in [0.15, 0.2) is 69.0 Å². The first kappa shape index (κ1) is 41.2. The van der Waals surface area contributed by atoms with Crippen LogP contribution in [0.25, 0.3) is 0 Å². The first-order valence-corrected chi connectivity index (χ1v) is 42.8. The summed E-state index contributed by atoms with van der Waals surface area (Å²) in [6.45, 7) is -29.5. The molecule has 18 rings (SSSR count). The average molecular weight is 2010 g/mol. The molecule has 0 radical (unpaired) electrons. The number of fused-ring (bicyclic) bond motifs is 18. The second-order valence-electron chi connectivity index (χ2n) is 33.3. The summed E-state index contributed by atoms with van der Waals surface area (Å²) in [5, 5.41) is 67.2. The number of benzene rings is 6. The minimum atomic E-state index is -3.98. The Morgan fingerprint density at radius 3 is 0.674 bits per heavy atom. The van der Waals surface area contributed by atoms with Crippen LogP contribution in [0.15, 0.2) is 72.8 Å². The van der Waals surface area contributed by atoms with Crippen LogP contribution < -0.4 is 56.8 Å². The molecule has 12 heterocycles. The maximum atomic E-state index is 11.3. The molecule has 24 nitrogen and oxygen atoms in total. The van der Waals surface area contributed by atoms with Gasteiger partial charge in [-0.2, -0.15) is 0 Å². The Hall–Kier alpha value is -7.56. The van der Waals surface area contributed by atoms with Crippen molar-refractivity contribution in [3.05, 3.63) is 140 Å². The van der Waals surface area contributed by atoms with Crippen molar-refractivity contribution in [2.75, 3.05) is 163 Å². The van der Waals surface area contributed by atoms with Crippen LogP contribution in [0.2, 0.25) is 0 Å². The molecule has 138 heavy (non-hydrogen) atoms. The number of nitrogens with zero attached hydrogens (tertiary/aromatic N) is 6. The van der Waals surface area contributed by atoms with Crippen LogP contribution in [-0.4, -0.2) is 260 Å². The molecule has 6 fully saturated rings. The third kappa shape index (κ3) is 25.4. The zero-order chi connectivity index (χ0) is 177. The molecule has 768 valence electrons. The lowest BCUT2D eigenvalue weighted by atomic mass is 9.79. The molecule has 0 spiro atoms. The number of methoxy groups -OCH3 is 12. The average Bonchev–Trinajstić information content (AvgIpc) is 0.647. The molecule has 22 atom stereocenters. The Bertz CT molecular complexity index is 9180. The number of piperidine rings is 6. The second-order valence-corrected chi connectivity index (χ2v) is 33.3. The molecule has 6 aromatic carbocycles. The van der Waals surface area contributed by atoms with E-state index in [9.17, 15) is 30.6 Å². The van der Waals surface area contributed by atoms with Gasteiger partial charge in [0.05, 0.1) is 152 Å². The molecule has 0 saturated carbocycles. The molecule has 6 saturated heterocycles. The standard InChI is InChI=1S/6C19H29NO3/c6*1-12(2)7-14-11-20-6-5-13-8-18(22-3)19(23-4)9-15(13)16(20)10-17(14)21/h6*8-9,12,14,16-17,21H,5-7,10-11H2,1-4H3/t6*14-,16-,17+/m000000/s1/i1D3,3D3,4D3,5D2,6D2,7D2,10D2,12D,14D,17D;1D3,3D3,4D3,5D2,6D2,7D2,10D2,12D,14D;1D3,5D2,6D2,7D2,10D2,12D,14D,17D;3D3,4D3,5D2,6D2,10D2,14D,17D;1D3,5D2,6D2,7D2,10D2,12D,14D;5D2,6D2,10D2,14D,17D/t3*12?,14-,16-,17+;m;12?,14-,16-,17+;m. The van der Waals surface area contributed by atoms with Crippen molar-refractivity contribution in [3.8, 4) is 69.0 Å². The van der Waals surface area contributed by atoms with Crippen LogP contribution in [0.4, 0.5) is 0 Å². The summed E-state index contributed by atoms with van der Waals surface area (Å²) in [6.07, 6.45) is -70.8. The van der Waals surface area contributed by atoms with Crippen molar-refractivity contribution in [2.24, 2.45) is 70.8 Å². The highest BCUT2D eigenvalue weighted by Gasteiger charge is 2.47. The fourth-order valence-corrected chi connectivity index (χ4v) is 16.5. The van der Waals surface area contributed by atoms with Crippen LogP contribution >= 0.6 is 0 Å². The van der Waals surface area contributed by atoms with E-state index < -0.39 is 444 Å². The molecular formula is C114H174N6O18. The molecule has 0 amide bonds. The molecule has 4 unspecified atom stereocenters. The van der Waals surface area contributed by atoms with Crippen LogP contribution in [-0.2, 0) is 38.2 Å². The normalized spacial score (nSPS) is 51.8. The molecule has 6 N–H and O–H groups in total. The Kier molecular flexibility index (Phi) is 14.7. The van der Waals surface area contributed by atoms with Gasteiger partial charge < -0.3 is 87.5 Å². The first-order chi connectivity index (χ1) is 99.5. The van der Waals surface area contributed by atoms with E-state index >= 15 is 0 Å². The Morgan fingerprint density at radius 2 is 0.464 bits per heavy atom. The van der Waals surface area contributed by atoms with Gasteiger partial charge in [-0.3, -0.25) is 29.4 Å². The quantitative estimate of drug-likeness (QED) is 0.0329. The summed E-state index contributed by atoms with van der Waals surface area (Å²) in [4.78, 5) is 3.43. The van der Waals surface area contributed by atoms with E-state index in [-0.39, 0.29) is 103 Å². The minimum absolute atomic E-state index is 0.000650. The maximum absolute atomic E-state index is 11.3. The zero-order valence-electron chi connectivity index (χ0n) is 166. The number of hydrogen-bond acceptors (Lipinski definition) is 24. The number of hydrogen-bond donors (Lipinski definition) is 6. The number of ether oxygens (including phenoxy) is 12. The zero-order valence-corrected chi connectivity index (χ0v) is 77.6. The van der Waals surface area contributed by atoms with Crippen molar-refractivity contribution in [2.45, 2.75) is 270 Å². The summed E-state index contributed by atoms with van der Waals surface area (Å²) < 4.78 is 786. The molecular weight excluding hydrogens is 1740 g/mol. The van der Waals surface area contributed by atoms with E-state index in [1.165, 1.54) is 66.9 Å². The summed E-state index contributed by atoms with van der Waals surface area (Å²) in [5.74, 6) is -35.4. The van der Waals surface area contributed by atoms with Crippen LogP contribution in [0, 0.1) is 70.8 Å². The van der Waals surface area contributed by atoms with E-state index in [1.54, 1.807) is 27.7 Å². The Balaban J connectivity index is 0.000000215. The van der Waals surface area contributed by atoms with E-state index in [2.05, 4.69) is 0 Å². The smallest absolute Gasteiger partial charge is 0.161 e. The van der Waals surface area contributed by atoms with E-state index in [1.807, 2.05) is 0 Å². The van der Waals surface area contributed by atoms with Crippen LogP contribution in [0.5, 0.6) is 69.0 Å². The first-order valence-electron chi connectivity index (χ1n) is 86.8. The Morgan fingerprint density at radius 1 is 0.283 bits per heavy atom. The Labute approximate surface area is 950 Å². The predicted octanol–water partition coefficient (Wildman–Crippen LogP) is 18.2. The lowest BCUT2D eigenvalue weighted by Crippen LogP contribution is -2.48. The number of rotatable bonds is 24. The van der Waals surface area contributed by atoms with Gasteiger partial charge >= 0.3 is 0 Å². The maximum Gasteiger partial charge on any atom is 0.161 e. The van der Waals surface area contributed by atoms with Gasteiger partial charge in [-0.15, -0.1) is 0 Å². The van der Waals surface area contributed by atoms with Crippen molar-refractivity contribution in [1.29, 1.82) is 0 Å². The molecule has 24 heteroatoms. The molecule has 12 aliphatic rings. The minimum Gasteiger partial charge on any atom is -0.493 e. The highest BCUT2D eigenvalue weighted by Crippen LogP contribution is 2.52. The van der Waals surface area contributed by atoms with Crippen molar-refractivity contribution in [3.63, 3.8) is 0 Å². The van der Waals surface area contributed by atoms with E-state index in [0.717, 1.165) is 34.1 Å². The summed E-state index contributed by atoms with van der Waals surface area (Å²) in [6, 6.07) is 0.0121. The van der Waals surface area contributed by atoms with Crippen LogP contribution in [0.1, 0.15) is 383 Å². The van der Waals surface area contributed by atoms with Crippen molar-refractivity contribution >= 4 is 0 Å². The summed E-state index contributed by atoms with van der Waals surface area (Å²) in [5.41, 5.74) is -4.75. The van der Waals surface area contributed by atoms with E-state index in [4.69, 9.17) is 177 Å². The monoisotopic (exact) mass is 2000 g/mol. The fraction of sp³-hybridized carbons (Fsp3) is 0.684. The molecule has 0 bridgehead atoms. The fourth-order valence-electron chi connectivity index (χ4n) is 16.5. The summed E-state index contributed by atoms with van der Waals surface area (Å²) >= 11 is 0. The lowest BCUT2D eigenvalue weighted by molar-refractivity contribution is -0.0192. The third-order valence-corrected chi connectivity index (χ3v) is 22.7. The predicted molar refractivity (Wildman–Crippen MR) is 547 cm³/mol. The molecule has 0 aromatic heterocycles. The molecule has 6 aromatic rings. The van der Waals surface area contributed by atoms with Crippen molar-refractivity contribution < 1.29 is 208 Å².